The topological polar surface area (TPSA) is 78.4 Å². The van der Waals surface area contributed by atoms with Crippen LogP contribution < -0.4 is 5.32 Å². The number of aromatic nitrogens is 2. The Hall–Kier alpha value is -1.49. The number of sulfonamides is 1. The van der Waals surface area contributed by atoms with Gasteiger partial charge in [0.2, 0.25) is 10.0 Å². The van der Waals surface area contributed by atoms with Crippen LogP contribution in [0, 0.1) is 6.92 Å². The van der Waals surface area contributed by atoms with Crippen molar-refractivity contribution in [3.8, 4) is 0 Å². The predicted molar refractivity (Wildman–Crippen MR) is 127 cm³/mol. The number of nitrogens with zero attached hydrogens (tertiary/aromatic N) is 4. The third-order valence-electron chi connectivity index (χ3n) is 5.29. The molecule has 0 unspecified atom stereocenters. The van der Waals surface area contributed by atoms with Crippen molar-refractivity contribution in [2.75, 3.05) is 38.0 Å². The van der Waals surface area contributed by atoms with E-state index in [1.807, 2.05) is 6.92 Å². The van der Waals surface area contributed by atoms with Gasteiger partial charge in [-0.3, -0.25) is 4.90 Å². The van der Waals surface area contributed by atoms with E-state index in [2.05, 4.69) is 32.5 Å². The lowest BCUT2D eigenvalue weighted by molar-refractivity contribution is 0.184. The zero-order valence-electron chi connectivity index (χ0n) is 17.2. The standard InChI is InChI=1S/C20H23Cl2N5O2S2/c1-13-11-30-19-18(13)23-12-24-20(19)25-14(2)10-26-5-7-27(8-6-26)31(28,29)17-4-3-15(21)9-16(17)22/h3-4,9,11-12,14H,5-8,10H2,1-2H3,(H,23,24,25)/t14-/m0/s1. The van der Waals surface area contributed by atoms with Gasteiger partial charge in [0, 0.05) is 43.8 Å². The van der Waals surface area contributed by atoms with Crippen molar-refractivity contribution in [1.29, 1.82) is 0 Å². The molecule has 1 aliphatic heterocycles. The number of thiophene rings is 1. The quantitative estimate of drug-likeness (QED) is 0.549. The highest BCUT2D eigenvalue weighted by Crippen LogP contribution is 2.30. The lowest BCUT2D eigenvalue weighted by Crippen LogP contribution is -2.50. The molecule has 166 valence electrons. The molecule has 0 saturated carbocycles. The van der Waals surface area contributed by atoms with Crippen molar-refractivity contribution >= 4 is 60.6 Å². The average Bonchev–Trinajstić information content (AvgIpc) is 3.10. The van der Waals surface area contributed by atoms with Gasteiger partial charge < -0.3 is 5.32 Å². The van der Waals surface area contributed by atoms with E-state index in [0.29, 0.717) is 31.2 Å². The molecule has 0 aliphatic carbocycles. The number of nitrogens with one attached hydrogen (secondary N) is 1. The molecule has 11 heteroatoms. The van der Waals surface area contributed by atoms with Gasteiger partial charge >= 0.3 is 0 Å². The molecule has 1 N–H and O–H groups in total. The number of aryl methyl sites for hydroxylation is 1. The zero-order chi connectivity index (χ0) is 22.2. The number of halogens is 2. The average molecular weight is 500 g/mol. The van der Waals surface area contributed by atoms with Gasteiger partial charge in [-0.1, -0.05) is 23.2 Å². The molecule has 0 spiro atoms. The van der Waals surface area contributed by atoms with Crippen LogP contribution in [0.4, 0.5) is 5.82 Å². The molecule has 0 amide bonds. The van der Waals surface area contributed by atoms with Gasteiger partial charge in [-0.15, -0.1) is 11.3 Å². The molecule has 0 bridgehead atoms. The van der Waals surface area contributed by atoms with E-state index in [4.69, 9.17) is 23.2 Å². The second-order valence-corrected chi connectivity index (χ2v) is 11.3. The van der Waals surface area contributed by atoms with E-state index < -0.39 is 10.0 Å². The van der Waals surface area contributed by atoms with Crippen molar-refractivity contribution < 1.29 is 8.42 Å². The van der Waals surface area contributed by atoms with Gasteiger partial charge in [-0.2, -0.15) is 4.31 Å². The highest BCUT2D eigenvalue weighted by atomic mass is 35.5. The molecule has 7 nitrogen and oxygen atoms in total. The first-order chi connectivity index (χ1) is 14.8. The number of rotatable bonds is 6. The summed E-state index contributed by atoms with van der Waals surface area (Å²) >= 11 is 13.7. The molecule has 1 aliphatic rings. The van der Waals surface area contributed by atoms with E-state index in [1.165, 1.54) is 16.4 Å². The van der Waals surface area contributed by atoms with E-state index in [0.717, 1.165) is 28.1 Å². The summed E-state index contributed by atoms with van der Waals surface area (Å²) in [5.74, 6) is 0.842. The van der Waals surface area contributed by atoms with Crippen LogP contribution in [0.15, 0.2) is 34.8 Å². The van der Waals surface area contributed by atoms with Gasteiger partial charge in [0.05, 0.1) is 15.2 Å². The second kappa shape index (κ2) is 9.17. The maximum Gasteiger partial charge on any atom is 0.244 e. The summed E-state index contributed by atoms with van der Waals surface area (Å²) in [7, 11) is -3.65. The number of benzene rings is 1. The minimum absolute atomic E-state index is 0.0982. The third kappa shape index (κ3) is 4.81. The Morgan fingerprint density at radius 1 is 1.19 bits per heavy atom. The lowest BCUT2D eigenvalue weighted by atomic mass is 10.2. The molecule has 31 heavy (non-hydrogen) atoms. The summed E-state index contributed by atoms with van der Waals surface area (Å²) in [5.41, 5.74) is 2.13. The van der Waals surface area contributed by atoms with E-state index >= 15 is 0 Å². The smallest absolute Gasteiger partial charge is 0.244 e. The highest BCUT2D eigenvalue weighted by Gasteiger charge is 2.30. The molecule has 1 saturated heterocycles. The molecule has 1 atom stereocenters. The first kappa shape index (κ1) is 22.7. The van der Waals surface area contributed by atoms with Gasteiger partial charge in [0.15, 0.2) is 0 Å². The number of hydrogen-bond donors (Lipinski definition) is 1. The Bertz CT molecular complexity index is 1190. The summed E-state index contributed by atoms with van der Waals surface area (Å²) in [6, 6.07) is 4.61. The van der Waals surface area contributed by atoms with Crippen molar-refractivity contribution in [2.24, 2.45) is 0 Å². The molecule has 3 heterocycles. The molecule has 4 rings (SSSR count). The molecular formula is C20H23Cl2N5O2S2. The van der Waals surface area contributed by atoms with Crippen LogP contribution >= 0.6 is 34.5 Å². The van der Waals surface area contributed by atoms with Crippen molar-refractivity contribution in [3.05, 3.63) is 45.5 Å². The lowest BCUT2D eigenvalue weighted by Gasteiger charge is -2.35. The normalized spacial score (nSPS) is 17.2. The number of piperazine rings is 1. The van der Waals surface area contributed by atoms with Gasteiger partial charge in [-0.05, 0) is 43.0 Å². The van der Waals surface area contributed by atoms with Gasteiger partial charge in [-0.25, -0.2) is 18.4 Å². The number of anilines is 1. The minimum Gasteiger partial charge on any atom is -0.365 e. The molecule has 1 aromatic carbocycles. The predicted octanol–water partition coefficient (Wildman–Crippen LogP) is 4.11. The Kier molecular flexibility index (Phi) is 6.71. The van der Waals surface area contributed by atoms with E-state index in [1.54, 1.807) is 23.7 Å². The summed E-state index contributed by atoms with van der Waals surface area (Å²) in [6.45, 7) is 7.05. The van der Waals surface area contributed by atoms with Gasteiger partial charge in [0.1, 0.15) is 17.0 Å². The highest BCUT2D eigenvalue weighted by molar-refractivity contribution is 7.89. The Morgan fingerprint density at radius 2 is 1.94 bits per heavy atom. The Labute approximate surface area is 196 Å². The maximum atomic E-state index is 13.0. The molecule has 1 fully saturated rings. The minimum atomic E-state index is -3.65. The molecule has 0 radical (unpaired) electrons. The van der Waals surface area contributed by atoms with E-state index in [-0.39, 0.29) is 16.0 Å². The Morgan fingerprint density at radius 3 is 2.65 bits per heavy atom. The first-order valence-corrected chi connectivity index (χ1v) is 13.0. The van der Waals surface area contributed by atoms with Crippen molar-refractivity contribution in [1.82, 2.24) is 19.2 Å². The monoisotopic (exact) mass is 499 g/mol. The number of fused-ring (bicyclic) bond motifs is 1. The van der Waals surface area contributed by atoms with Crippen LogP contribution in [0.2, 0.25) is 10.0 Å². The molecule has 2 aromatic heterocycles. The van der Waals surface area contributed by atoms with Crippen LogP contribution in [0.25, 0.3) is 10.2 Å². The first-order valence-electron chi connectivity index (χ1n) is 9.88. The van der Waals surface area contributed by atoms with Crippen LogP contribution in [-0.4, -0.2) is 66.4 Å². The summed E-state index contributed by atoms with van der Waals surface area (Å²) in [4.78, 5) is 11.1. The van der Waals surface area contributed by atoms with Crippen LogP contribution in [0.3, 0.4) is 0 Å². The third-order valence-corrected chi connectivity index (χ3v) is 9.00. The Balaban J connectivity index is 1.36. The fourth-order valence-corrected chi connectivity index (χ4v) is 6.84. The van der Waals surface area contributed by atoms with E-state index in [9.17, 15) is 8.42 Å². The largest absolute Gasteiger partial charge is 0.365 e. The number of hydrogen-bond acceptors (Lipinski definition) is 7. The molecule has 3 aromatic rings. The molecular weight excluding hydrogens is 477 g/mol. The van der Waals surface area contributed by atoms with Crippen LogP contribution in [0.1, 0.15) is 12.5 Å². The summed E-state index contributed by atoms with van der Waals surface area (Å²) in [6.07, 6.45) is 1.59. The van der Waals surface area contributed by atoms with Gasteiger partial charge in [0.25, 0.3) is 0 Å². The second-order valence-electron chi connectivity index (χ2n) is 7.64. The zero-order valence-corrected chi connectivity index (χ0v) is 20.3. The van der Waals surface area contributed by atoms with Crippen LogP contribution in [0.5, 0.6) is 0 Å². The van der Waals surface area contributed by atoms with Crippen molar-refractivity contribution in [3.63, 3.8) is 0 Å². The van der Waals surface area contributed by atoms with Crippen LogP contribution in [-0.2, 0) is 10.0 Å². The fourth-order valence-electron chi connectivity index (χ4n) is 3.71. The summed E-state index contributed by atoms with van der Waals surface area (Å²) < 4.78 is 28.5. The summed E-state index contributed by atoms with van der Waals surface area (Å²) in [5, 5.41) is 6.12. The SMILES string of the molecule is Cc1csc2c(N[C@@H](C)CN3CCN(S(=O)(=O)c4ccc(Cl)cc4Cl)CC3)ncnc12. The maximum absolute atomic E-state index is 13.0. The van der Waals surface area contributed by atoms with Crippen molar-refractivity contribution in [2.45, 2.75) is 24.8 Å². The fraction of sp³-hybridized carbons (Fsp3) is 0.400.